The smallest absolute Gasteiger partial charge is 0.125 e. The van der Waals surface area contributed by atoms with Crippen LogP contribution < -0.4 is 5.73 Å². The van der Waals surface area contributed by atoms with Gasteiger partial charge in [0.25, 0.3) is 0 Å². The van der Waals surface area contributed by atoms with Gasteiger partial charge in [-0.3, -0.25) is 0 Å². The summed E-state index contributed by atoms with van der Waals surface area (Å²) < 4.78 is 0. The van der Waals surface area contributed by atoms with Gasteiger partial charge < -0.3 is 5.73 Å². The number of pyridine rings is 1. The van der Waals surface area contributed by atoms with E-state index in [2.05, 4.69) is 42.8 Å². The van der Waals surface area contributed by atoms with Gasteiger partial charge in [-0.15, -0.1) is 11.3 Å². The number of hydrogen-bond donors (Lipinski definition) is 1. The predicted octanol–water partition coefficient (Wildman–Crippen LogP) is 4.95. The second-order valence-electron chi connectivity index (χ2n) is 6.85. The first-order valence-electron chi connectivity index (χ1n) is 8.50. The number of nitrogen functional groups attached to an aromatic ring is 1. The van der Waals surface area contributed by atoms with Crippen LogP contribution in [0.15, 0.2) is 48.7 Å². The van der Waals surface area contributed by atoms with Crippen molar-refractivity contribution in [3.05, 3.63) is 70.2 Å². The number of allylic oxidation sites excluding steroid dienone is 1. The number of anilines is 1. The van der Waals surface area contributed by atoms with E-state index in [0.717, 1.165) is 41.6 Å². The van der Waals surface area contributed by atoms with Crippen molar-refractivity contribution in [2.24, 2.45) is 5.92 Å². The number of nitrogens with two attached hydrogens (primary N) is 1. The molecule has 3 aromatic rings. The van der Waals surface area contributed by atoms with Crippen LogP contribution in [0.2, 0.25) is 0 Å². The van der Waals surface area contributed by atoms with Gasteiger partial charge >= 0.3 is 0 Å². The fraction of sp³-hybridized carbons (Fsp3) is 0.286. The standard InChI is InChI=1S/C21H22N2S/c1-13(2)16-11-15-7-5-14(10-17(15)12-16)6-8-19-20(22)18-4-3-9-23-21(18)24-19/h3-5,7,9-10,16H,1,6,8,11-12,22H2,2H3. The van der Waals surface area contributed by atoms with Gasteiger partial charge in [0.15, 0.2) is 0 Å². The highest BCUT2D eigenvalue weighted by Crippen LogP contribution is 2.34. The minimum absolute atomic E-state index is 0.625. The summed E-state index contributed by atoms with van der Waals surface area (Å²) in [7, 11) is 0. The summed E-state index contributed by atoms with van der Waals surface area (Å²) in [5.74, 6) is 0.625. The SMILES string of the molecule is C=C(C)C1Cc2ccc(CCc3sc4ncccc4c3N)cc2C1. The molecule has 0 amide bonds. The zero-order chi connectivity index (χ0) is 16.7. The van der Waals surface area contributed by atoms with Crippen molar-refractivity contribution in [2.45, 2.75) is 32.6 Å². The summed E-state index contributed by atoms with van der Waals surface area (Å²) in [5, 5.41) is 1.09. The van der Waals surface area contributed by atoms with Crippen molar-refractivity contribution in [3.63, 3.8) is 0 Å². The quantitative estimate of drug-likeness (QED) is 0.685. The first-order chi connectivity index (χ1) is 11.6. The number of benzene rings is 1. The highest BCUT2D eigenvalue weighted by atomic mass is 32.1. The van der Waals surface area contributed by atoms with Crippen molar-refractivity contribution in [3.8, 4) is 0 Å². The maximum atomic E-state index is 6.31. The molecule has 3 heteroatoms. The molecule has 1 unspecified atom stereocenters. The van der Waals surface area contributed by atoms with Gasteiger partial charge in [-0.2, -0.15) is 0 Å². The van der Waals surface area contributed by atoms with Gasteiger partial charge in [0.2, 0.25) is 0 Å². The largest absolute Gasteiger partial charge is 0.397 e. The summed E-state index contributed by atoms with van der Waals surface area (Å²) >= 11 is 1.73. The summed E-state index contributed by atoms with van der Waals surface area (Å²) in [4.78, 5) is 6.72. The van der Waals surface area contributed by atoms with Crippen LogP contribution in [0.4, 0.5) is 5.69 Å². The van der Waals surface area contributed by atoms with Gasteiger partial charge in [-0.1, -0.05) is 30.4 Å². The van der Waals surface area contributed by atoms with Crippen molar-refractivity contribution < 1.29 is 0 Å². The monoisotopic (exact) mass is 334 g/mol. The summed E-state index contributed by atoms with van der Waals surface area (Å²) in [5.41, 5.74) is 12.9. The van der Waals surface area contributed by atoms with Gasteiger partial charge in [-0.05, 0) is 67.3 Å². The van der Waals surface area contributed by atoms with Crippen molar-refractivity contribution in [2.75, 3.05) is 5.73 Å². The summed E-state index contributed by atoms with van der Waals surface area (Å²) in [6.45, 7) is 6.28. The molecule has 2 N–H and O–H groups in total. The molecule has 0 aliphatic heterocycles. The van der Waals surface area contributed by atoms with E-state index in [1.165, 1.54) is 27.1 Å². The minimum Gasteiger partial charge on any atom is -0.397 e. The van der Waals surface area contributed by atoms with Crippen LogP contribution >= 0.6 is 11.3 Å². The molecule has 1 atom stereocenters. The van der Waals surface area contributed by atoms with E-state index in [-0.39, 0.29) is 0 Å². The van der Waals surface area contributed by atoms with E-state index >= 15 is 0 Å². The maximum absolute atomic E-state index is 6.31. The Morgan fingerprint density at radius 1 is 1.25 bits per heavy atom. The molecule has 24 heavy (non-hydrogen) atoms. The molecule has 1 aliphatic rings. The third-order valence-corrected chi connectivity index (χ3v) is 6.31. The maximum Gasteiger partial charge on any atom is 0.125 e. The van der Waals surface area contributed by atoms with Crippen LogP contribution in [0.3, 0.4) is 0 Å². The molecular formula is C21H22N2S. The molecule has 2 aromatic heterocycles. The lowest BCUT2D eigenvalue weighted by atomic mass is 9.99. The highest BCUT2D eigenvalue weighted by Gasteiger charge is 2.22. The van der Waals surface area contributed by atoms with Crippen LogP contribution in [-0.4, -0.2) is 4.98 Å². The zero-order valence-electron chi connectivity index (χ0n) is 14.0. The van der Waals surface area contributed by atoms with Gasteiger partial charge in [0, 0.05) is 16.5 Å². The van der Waals surface area contributed by atoms with E-state index in [0.29, 0.717) is 5.92 Å². The number of nitrogens with zero attached hydrogens (tertiary/aromatic N) is 1. The number of hydrogen-bond acceptors (Lipinski definition) is 3. The summed E-state index contributed by atoms with van der Waals surface area (Å²) in [6.07, 6.45) is 6.14. The van der Waals surface area contributed by atoms with Crippen LogP contribution in [-0.2, 0) is 25.7 Å². The number of fused-ring (bicyclic) bond motifs is 2. The Bertz CT molecular complexity index is 923. The van der Waals surface area contributed by atoms with E-state index < -0.39 is 0 Å². The van der Waals surface area contributed by atoms with Crippen LogP contribution in [0.5, 0.6) is 0 Å². The summed E-state index contributed by atoms with van der Waals surface area (Å²) in [6, 6.07) is 11.0. The molecule has 0 saturated heterocycles. The normalized spacial score (nSPS) is 16.5. The van der Waals surface area contributed by atoms with E-state index in [1.54, 1.807) is 11.3 Å². The Hall–Kier alpha value is -2.13. The topological polar surface area (TPSA) is 38.9 Å². The Morgan fingerprint density at radius 3 is 2.88 bits per heavy atom. The lowest BCUT2D eigenvalue weighted by molar-refractivity contribution is 0.661. The number of rotatable bonds is 4. The molecule has 0 radical (unpaired) electrons. The molecule has 0 saturated carbocycles. The average molecular weight is 334 g/mol. The third-order valence-electron chi connectivity index (χ3n) is 5.12. The Balaban J connectivity index is 1.51. The molecule has 0 fully saturated rings. The first kappa shape index (κ1) is 15.4. The van der Waals surface area contributed by atoms with Gasteiger partial charge in [0.1, 0.15) is 4.83 Å². The fourth-order valence-electron chi connectivity index (χ4n) is 3.62. The number of aromatic nitrogens is 1. The lowest BCUT2D eigenvalue weighted by Crippen LogP contribution is -1.99. The molecule has 4 rings (SSSR count). The molecule has 0 bridgehead atoms. The molecule has 1 aliphatic carbocycles. The fourth-order valence-corrected chi connectivity index (χ4v) is 4.68. The number of aryl methyl sites for hydroxylation is 2. The molecule has 122 valence electrons. The first-order valence-corrected chi connectivity index (χ1v) is 9.31. The average Bonchev–Trinajstić information content (AvgIpc) is 3.14. The van der Waals surface area contributed by atoms with Crippen LogP contribution in [0.1, 0.15) is 28.5 Å². The molecule has 1 aromatic carbocycles. The van der Waals surface area contributed by atoms with Crippen molar-refractivity contribution >= 4 is 27.2 Å². The molecule has 2 nitrogen and oxygen atoms in total. The molecule has 2 heterocycles. The van der Waals surface area contributed by atoms with Crippen molar-refractivity contribution in [1.82, 2.24) is 4.98 Å². The van der Waals surface area contributed by atoms with Gasteiger partial charge in [0.05, 0.1) is 5.69 Å². The highest BCUT2D eigenvalue weighted by molar-refractivity contribution is 7.19. The lowest BCUT2D eigenvalue weighted by Gasteiger charge is -2.06. The second-order valence-corrected chi connectivity index (χ2v) is 7.93. The Labute approximate surface area is 147 Å². The number of thiophene rings is 1. The van der Waals surface area contributed by atoms with E-state index in [9.17, 15) is 0 Å². The molecule has 0 spiro atoms. The second kappa shape index (κ2) is 6.06. The predicted molar refractivity (Wildman–Crippen MR) is 104 cm³/mol. The molecular weight excluding hydrogens is 312 g/mol. The van der Waals surface area contributed by atoms with Crippen LogP contribution in [0.25, 0.3) is 10.2 Å². The Kier molecular flexibility index (Phi) is 3.89. The van der Waals surface area contributed by atoms with Crippen LogP contribution in [0, 0.1) is 5.92 Å². The van der Waals surface area contributed by atoms with Gasteiger partial charge in [-0.25, -0.2) is 4.98 Å². The minimum atomic E-state index is 0.625. The van der Waals surface area contributed by atoms with E-state index in [4.69, 9.17) is 5.73 Å². The Morgan fingerprint density at radius 2 is 2.08 bits per heavy atom. The van der Waals surface area contributed by atoms with E-state index in [1.807, 2.05) is 12.3 Å². The third kappa shape index (κ3) is 2.73. The van der Waals surface area contributed by atoms with Crippen molar-refractivity contribution in [1.29, 1.82) is 0 Å². The zero-order valence-corrected chi connectivity index (χ0v) is 14.8.